The van der Waals surface area contributed by atoms with Gasteiger partial charge in [0.25, 0.3) is 0 Å². The highest BCUT2D eigenvalue weighted by molar-refractivity contribution is 6.34. The fraction of sp³-hybridized carbons (Fsp3) is 0.636. The van der Waals surface area contributed by atoms with Crippen molar-refractivity contribution < 1.29 is 19.1 Å². The van der Waals surface area contributed by atoms with E-state index in [0.717, 1.165) is 5.57 Å². The van der Waals surface area contributed by atoms with Crippen molar-refractivity contribution in [3.63, 3.8) is 0 Å². The number of hydrogen-bond donors (Lipinski definition) is 1. The van der Waals surface area contributed by atoms with Crippen LogP contribution in [0.2, 0.25) is 0 Å². The normalized spacial score (nSPS) is 52.0. The van der Waals surface area contributed by atoms with E-state index in [4.69, 9.17) is 23.2 Å². The molecule has 0 radical (unpaired) electrons. The number of carbonyl (C=O) groups is 2. The van der Waals surface area contributed by atoms with Gasteiger partial charge in [-0.2, -0.15) is 0 Å². The third-order valence-electron chi connectivity index (χ3n) is 8.29. The van der Waals surface area contributed by atoms with Crippen LogP contribution in [0.25, 0.3) is 0 Å². The molecule has 0 amide bonds. The second kappa shape index (κ2) is 6.02. The summed E-state index contributed by atoms with van der Waals surface area (Å²) < 4.78 is 13.4. The summed E-state index contributed by atoms with van der Waals surface area (Å²) in [7, 11) is 0. The number of halogens is 3. The summed E-state index contributed by atoms with van der Waals surface area (Å²) in [5, 5.41) is 10.8. The third-order valence-corrected chi connectivity index (χ3v) is 9.81. The van der Waals surface area contributed by atoms with Gasteiger partial charge < -0.3 is 5.11 Å². The molecule has 0 aliphatic heterocycles. The number of alkyl halides is 3. The Balaban J connectivity index is 1.88. The van der Waals surface area contributed by atoms with E-state index in [1.807, 2.05) is 32.1 Å². The van der Waals surface area contributed by atoms with Crippen molar-refractivity contribution in [1.29, 1.82) is 0 Å². The van der Waals surface area contributed by atoms with E-state index in [-0.39, 0.29) is 17.6 Å². The van der Waals surface area contributed by atoms with Gasteiger partial charge in [0.15, 0.2) is 18.2 Å². The van der Waals surface area contributed by atoms with E-state index >= 15 is 0 Å². The van der Waals surface area contributed by atoms with E-state index in [1.54, 1.807) is 13.0 Å². The number of allylic oxidation sites excluding steroid dienone is 6. The van der Waals surface area contributed by atoms with Crippen LogP contribution in [0.4, 0.5) is 4.39 Å². The second-order valence-corrected chi connectivity index (χ2v) is 10.5. The highest BCUT2D eigenvalue weighted by Crippen LogP contribution is 2.71. The molecule has 6 heteroatoms. The summed E-state index contributed by atoms with van der Waals surface area (Å²) >= 11 is 14.3. The maximum Gasteiger partial charge on any atom is 0.196 e. The van der Waals surface area contributed by atoms with Crippen molar-refractivity contribution in [1.82, 2.24) is 0 Å². The molecule has 0 aromatic rings. The molecular formula is C22H25Cl2FO3. The van der Waals surface area contributed by atoms with Gasteiger partial charge in [0.2, 0.25) is 0 Å². The van der Waals surface area contributed by atoms with Crippen molar-refractivity contribution in [3.05, 3.63) is 36.0 Å². The molecule has 1 N–H and O–H groups in total. The average Bonchev–Trinajstić information content (AvgIpc) is 2.84. The first kappa shape index (κ1) is 20.3. The molecule has 2 unspecified atom stereocenters. The number of ketones is 2. The minimum absolute atomic E-state index is 0.0833. The van der Waals surface area contributed by atoms with Gasteiger partial charge in [-0.15, -0.1) is 23.2 Å². The number of aliphatic hydroxyl groups is 1. The molecule has 0 saturated heterocycles. The van der Waals surface area contributed by atoms with Gasteiger partial charge in [-0.3, -0.25) is 9.59 Å². The Hall–Kier alpha value is -0.970. The van der Waals surface area contributed by atoms with Gasteiger partial charge in [-0.25, -0.2) is 4.39 Å². The summed E-state index contributed by atoms with van der Waals surface area (Å²) in [4.78, 5) is 23.5. The zero-order valence-electron chi connectivity index (χ0n) is 16.2. The highest BCUT2D eigenvalue weighted by atomic mass is 35.5. The van der Waals surface area contributed by atoms with Crippen LogP contribution >= 0.6 is 23.2 Å². The molecule has 4 aliphatic carbocycles. The number of hydrogen-bond acceptors (Lipinski definition) is 3. The maximum absolute atomic E-state index is 13.4. The summed E-state index contributed by atoms with van der Waals surface area (Å²) in [6, 6.07) is 0. The van der Waals surface area contributed by atoms with Crippen molar-refractivity contribution >= 4 is 34.8 Å². The van der Waals surface area contributed by atoms with Crippen LogP contribution in [0, 0.1) is 28.6 Å². The lowest BCUT2D eigenvalue weighted by molar-refractivity contribution is -0.163. The first-order valence-electron chi connectivity index (χ1n) is 9.75. The van der Waals surface area contributed by atoms with Crippen LogP contribution in [-0.2, 0) is 9.59 Å². The lowest BCUT2D eigenvalue weighted by Gasteiger charge is -2.62. The van der Waals surface area contributed by atoms with Gasteiger partial charge in [-0.05, 0) is 42.4 Å². The molecule has 0 bridgehead atoms. The first-order chi connectivity index (χ1) is 13.0. The van der Waals surface area contributed by atoms with Crippen LogP contribution in [0.3, 0.4) is 0 Å². The number of fused-ring (bicyclic) bond motifs is 5. The van der Waals surface area contributed by atoms with Crippen molar-refractivity contribution in [3.8, 4) is 0 Å². The number of rotatable bonds is 2. The molecule has 4 aliphatic rings. The third kappa shape index (κ3) is 2.10. The molecule has 8 atom stereocenters. The van der Waals surface area contributed by atoms with Crippen molar-refractivity contribution in [2.75, 3.05) is 6.67 Å². The zero-order valence-corrected chi connectivity index (χ0v) is 17.7. The van der Waals surface area contributed by atoms with Gasteiger partial charge >= 0.3 is 0 Å². The molecule has 3 nitrogen and oxygen atoms in total. The Morgan fingerprint density at radius 3 is 2.68 bits per heavy atom. The Morgan fingerprint density at radius 1 is 1.36 bits per heavy atom. The van der Waals surface area contributed by atoms with E-state index < -0.39 is 45.1 Å². The minimum Gasteiger partial charge on any atom is -0.381 e. The fourth-order valence-electron chi connectivity index (χ4n) is 6.64. The molecule has 4 rings (SSSR count). The summed E-state index contributed by atoms with van der Waals surface area (Å²) in [6.45, 7) is 4.44. The predicted octanol–water partition coefficient (Wildman–Crippen LogP) is 4.16. The first-order valence-corrected chi connectivity index (χ1v) is 10.6. The second-order valence-electron chi connectivity index (χ2n) is 9.35. The number of carbonyl (C=O) groups excluding carboxylic acids is 2. The quantitative estimate of drug-likeness (QED) is 0.674. The molecule has 28 heavy (non-hydrogen) atoms. The van der Waals surface area contributed by atoms with Gasteiger partial charge in [0.05, 0.1) is 10.3 Å². The Kier molecular flexibility index (Phi) is 4.37. The molecule has 0 aromatic heterocycles. The summed E-state index contributed by atoms with van der Waals surface area (Å²) in [5.41, 5.74) is -2.46. The molecule has 0 spiro atoms. The Morgan fingerprint density at radius 2 is 2.04 bits per heavy atom. The molecule has 2 fully saturated rings. The predicted molar refractivity (Wildman–Crippen MR) is 107 cm³/mol. The topological polar surface area (TPSA) is 54.4 Å². The van der Waals surface area contributed by atoms with Crippen molar-refractivity contribution in [2.45, 2.75) is 49.5 Å². The van der Waals surface area contributed by atoms with Crippen LogP contribution in [0.15, 0.2) is 36.0 Å². The summed E-state index contributed by atoms with van der Waals surface area (Å²) in [6.07, 6.45) is 9.71. The van der Waals surface area contributed by atoms with Crippen LogP contribution in [-0.4, -0.2) is 39.2 Å². The largest absolute Gasteiger partial charge is 0.381 e. The molecule has 0 aromatic carbocycles. The van der Waals surface area contributed by atoms with Crippen LogP contribution < -0.4 is 0 Å². The fourth-order valence-corrected chi connectivity index (χ4v) is 7.81. The average molecular weight is 427 g/mol. The summed E-state index contributed by atoms with van der Waals surface area (Å²) in [5.74, 6) is -1.60. The minimum atomic E-state index is -1.76. The lowest BCUT2D eigenvalue weighted by Crippen LogP contribution is -2.67. The van der Waals surface area contributed by atoms with E-state index in [0.29, 0.717) is 12.8 Å². The van der Waals surface area contributed by atoms with Gasteiger partial charge in [0.1, 0.15) is 5.60 Å². The van der Waals surface area contributed by atoms with E-state index in [1.165, 1.54) is 6.08 Å². The Bertz CT molecular complexity index is 851. The van der Waals surface area contributed by atoms with Crippen LogP contribution in [0.5, 0.6) is 0 Å². The highest BCUT2D eigenvalue weighted by Gasteiger charge is 2.73. The smallest absolute Gasteiger partial charge is 0.196 e. The standard InChI is InChI=1S/C22H25Cl2FO3/c1-12-8-16-15-5-4-13-9-14(26)6-7-19(13,2)21(15,24)17(23)10-20(16,3)22(12,28)18(27)11-25/h4-7,9,12,15-17,28H,8,10-11H2,1-3H3/t12?,15-,16-,17?,19-,20-,21-,22-/m0/s1. The monoisotopic (exact) mass is 426 g/mol. The molecule has 0 heterocycles. The SMILES string of the molecule is CC1C[C@H]2[C@@H]3C=CC4=CC(=O)C=C[C@]4(C)[C@@]3(Cl)C(Cl)C[C@]2(C)[C@@]1(O)C(=O)CF. The molecular weight excluding hydrogens is 402 g/mol. The lowest BCUT2D eigenvalue weighted by atomic mass is 9.48. The van der Waals surface area contributed by atoms with E-state index in [2.05, 4.69) is 0 Å². The van der Waals surface area contributed by atoms with Gasteiger partial charge in [0, 0.05) is 16.7 Å². The number of Topliss-reactive ketones (excluding diaryl/α,β-unsaturated/α-hetero) is 1. The van der Waals surface area contributed by atoms with Crippen LogP contribution in [0.1, 0.15) is 33.6 Å². The van der Waals surface area contributed by atoms with E-state index in [9.17, 15) is 19.1 Å². The molecule has 2 saturated carbocycles. The molecule has 152 valence electrons. The zero-order chi connectivity index (χ0) is 20.7. The van der Waals surface area contributed by atoms with Gasteiger partial charge in [-0.1, -0.05) is 39.0 Å². The Labute approximate surface area is 174 Å². The van der Waals surface area contributed by atoms with Crippen molar-refractivity contribution in [2.24, 2.45) is 28.6 Å². The maximum atomic E-state index is 13.4.